The van der Waals surface area contributed by atoms with Crippen LogP contribution < -0.4 is 9.47 Å². The van der Waals surface area contributed by atoms with Crippen LogP contribution in [0.2, 0.25) is 0 Å². The molecule has 1 fully saturated rings. The first-order valence-electron chi connectivity index (χ1n) is 9.17. The minimum absolute atomic E-state index is 0.135. The molecule has 1 saturated heterocycles. The molecule has 0 radical (unpaired) electrons. The Balaban J connectivity index is 1.81. The average Bonchev–Trinajstić information content (AvgIpc) is 3.00. The van der Waals surface area contributed by atoms with E-state index >= 15 is 0 Å². The first kappa shape index (κ1) is 18.1. The third kappa shape index (κ3) is 2.81. The zero-order chi connectivity index (χ0) is 19.8. The van der Waals surface area contributed by atoms with Crippen molar-refractivity contribution >= 4 is 17.9 Å². The number of amides is 2. The summed E-state index contributed by atoms with van der Waals surface area (Å²) in [6.07, 6.45) is 2.14. The monoisotopic (exact) mass is 378 g/mol. The Labute approximate surface area is 164 Å². The third-order valence-corrected chi connectivity index (χ3v) is 5.28. The second-order valence-electron chi connectivity index (χ2n) is 6.85. The van der Waals surface area contributed by atoms with Crippen molar-refractivity contribution in [1.29, 1.82) is 0 Å². The highest BCUT2D eigenvalue weighted by Gasteiger charge is 2.46. The van der Waals surface area contributed by atoms with Crippen LogP contribution in [0.3, 0.4) is 0 Å². The maximum Gasteiger partial charge on any atom is 0.272 e. The lowest BCUT2D eigenvalue weighted by Gasteiger charge is -2.34. The van der Waals surface area contributed by atoms with E-state index in [1.165, 1.54) is 12.5 Å². The molecule has 6 nitrogen and oxygen atoms in total. The van der Waals surface area contributed by atoms with Crippen molar-refractivity contribution < 1.29 is 19.1 Å². The van der Waals surface area contributed by atoms with Gasteiger partial charge in [-0.05, 0) is 41.3 Å². The molecule has 0 bridgehead atoms. The standard InChI is InChI=1S/C22H22N2O4/c1-14(25)24-18(12-15-8-9-19(27-2)20(13-15)28-3)22(26)23-11-10-16-6-4-5-7-17(16)21(23)24/h4-9,12-13,21H,10-11H2,1-3H3/b18-12+. The van der Waals surface area contributed by atoms with Gasteiger partial charge in [0.25, 0.3) is 5.91 Å². The van der Waals surface area contributed by atoms with Gasteiger partial charge in [0.15, 0.2) is 11.5 Å². The number of hydrogen-bond donors (Lipinski definition) is 0. The van der Waals surface area contributed by atoms with Gasteiger partial charge >= 0.3 is 0 Å². The molecule has 2 aromatic rings. The molecule has 0 saturated carbocycles. The molecule has 0 spiro atoms. The molecule has 4 rings (SSSR count). The molecule has 0 N–H and O–H groups in total. The molecule has 1 unspecified atom stereocenters. The zero-order valence-corrected chi connectivity index (χ0v) is 16.1. The van der Waals surface area contributed by atoms with E-state index in [4.69, 9.17) is 9.47 Å². The Morgan fingerprint density at radius 2 is 1.86 bits per heavy atom. The molecule has 28 heavy (non-hydrogen) atoms. The normalized spacial score (nSPS) is 19.5. The smallest absolute Gasteiger partial charge is 0.272 e. The van der Waals surface area contributed by atoms with Crippen molar-refractivity contribution in [2.45, 2.75) is 19.5 Å². The largest absolute Gasteiger partial charge is 0.493 e. The predicted octanol–water partition coefficient (Wildman–Crippen LogP) is 2.99. The van der Waals surface area contributed by atoms with Crippen LogP contribution in [0.4, 0.5) is 0 Å². The number of carbonyl (C=O) groups is 2. The number of methoxy groups -OCH3 is 2. The van der Waals surface area contributed by atoms with Crippen molar-refractivity contribution in [1.82, 2.24) is 9.80 Å². The van der Waals surface area contributed by atoms with Gasteiger partial charge in [0, 0.05) is 13.5 Å². The fourth-order valence-electron chi connectivity index (χ4n) is 3.99. The van der Waals surface area contributed by atoms with E-state index in [0.717, 1.165) is 17.5 Å². The fourth-order valence-corrected chi connectivity index (χ4v) is 3.99. The highest BCUT2D eigenvalue weighted by Crippen LogP contribution is 2.42. The number of ether oxygens (including phenoxy) is 2. The summed E-state index contributed by atoms with van der Waals surface area (Å²) in [4.78, 5) is 29.1. The summed E-state index contributed by atoms with van der Waals surface area (Å²) < 4.78 is 10.6. The van der Waals surface area contributed by atoms with E-state index in [1.807, 2.05) is 24.3 Å². The summed E-state index contributed by atoms with van der Waals surface area (Å²) in [7, 11) is 3.14. The van der Waals surface area contributed by atoms with Crippen LogP contribution in [0.25, 0.3) is 6.08 Å². The maximum absolute atomic E-state index is 13.2. The molecule has 6 heteroatoms. The Kier molecular flexibility index (Phi) is 4.55. The Morgan fingerprint density at radius 3 is 2.57 bits per heavy atom. The summed E-state index contributed by atoms with van der Waals surface area (Å²) in [6, 6.07) is 13.4. The SMILES string of the molecule is COc1ccc(/C=C2\C(=O)N3CCc4ccccc4C3N2C(C)=O)cc1OC. The Morgan fingerprint density at radius 1 is 1.11 bits per heavy atom. The average molecular weight is 378 g/mol. The van der Waals surface area contributed by atoms with Crippen LogP contribution in [0, 0.1) is 0 Å². The van der Waals surface area contributed by atoms with E-state index < -0.39 is 0 Å². The van der Waals surface area contributed by atoms with E-state index in [9.17, 15) is 9.59 Å². The number of nitrogens with zero attached hydrogens (tertiary/aromatic N) is 2. The quantitative estimate of drug-likeness (QED) is 0.771. The van der Waals surface area contributed by atoms with E-state index in [-0.39, 0.29) is 18.0 Å². The van der Waals surface area contributed by atoms with Crippen molar-refractivity contribution in [3.8, 4) is 11.5 Å². The van der Waals surface area contributed by atoms with E-state index in [0.29, 0.717) is 23.7 Å². The Hall–Kier alpha value is -3.28. The van der Waals surface area contributed by atoms with Crippen LogP contribution in [-0.4, -0.2) is 42.4 Å². The molecule has 0 aromatic heterocycles. The molecule has 2 heterocycles. The lowest BCUT2D eigenvalue weighted by Crippen LogP contribution is -2.39. The molecule has 2 aromatic carbocycles. The van der Waals surface area contributed by atoms with Crippen molar-refractivity contribution in [2.75, 3.05) is 20.8 Å². The van der Waals surface area contributed by atoms with Crippen molar-refractivity contribution in [2.24, 2.45) is 0 Å². The molecular formula is C22H22N2O4. The van der Waals surface area contributed by atoms with Crippen LogP contribution in [0.5, 0.6) is 11.5 Å². The summed E-state index contributed by atoms with van der Waals surface area (Å²) in [5, 5.41) is 0. The highest BCUT2D eigenvalue weighted by molar-refractivity contribution is 6.04. The van der Waals surface area contributed by atoms with Crippen molar-refractivity contribution in [3.05, 3.63) is 64.9 Å². The van der Waals surface area contributed by atoms with E-state index in [1.54, 1.807) is 42.2 Å². The molecular weight excluding hydrogens is 356 g/mol. The second-order valence-corrected chi connectivity index (χ2v) is 6.85. The maximum atomic E-state index is 13.2. The molecule has 2 aliphatic rings. The number of carbonyl (C=O) groups excluding carboxylic acids is 2. The summed E-state index contributed by atoms with van der Waals surface area (Å²) >= 11 is 0. The van der Waals surface area contributed by atoms with Gasteiger partial charge in [-0.1, -0.05) is 30.3 Å². The number of hydrogen-bond acceptors (Lipinski definition) is 4. The Bertz CT molecular complexity index is 982. The van der Waals surface area contributed by atoms with Gasteiger partial charge in [-0.3, -0.25) is 14.5 Å². The minimum atomic E-state index is -0.388. The van der Waals surface area contributed by atoms with Crippen molar-refractivity contribution in [3.63, 3.8) is 0 Å². The lowest BCUT2D eigenvalue weighted by atomic mass is 9.97. The lowest BCUT2D eigenvalue weighted by molar-refractivity contribution is -0.130. The highest BCUT2D eigenvalue weighted by atomic mass is 16.5. The van der Waals surface area contributed by atoms with Crippen LogP contribution in [-0.2, 0) is 16.0 Å². The molecule has 1 atom stereocenters. The first-order chi connectivity index (χ1) is 13.5. The summed E-state index contributed by atoms with van der Waals surface area (Å²) in [6.45, 7) is 2.09. The van der Waals surface area contributed by atoms with Gasteiger partial charge < -0.3 is 14.4 Å². The molecule has 2 amide bonds. The fraction of sp³-hybridized carbons (Fsp3) is 0.273. The third-order valence-electron chi connectivity index (χ3n) is 5.28. The van der Waals surface area contributed by atoms with Crippen LogP contribution in [0.15, 0.2) is 48.2 Å². The van der Waals surface area contributed by atoms with Gasteiger partial charge in [0.05, 0.1) is 14.2 Å². The van der Waals surface area contributed by atoms with E-state index in [2.05, 4.69) is 6.07 Å². The van der Waals surface area contributed by atoms with Crippen LogP contribution >= 0.6 is 0 Å². The topological polar surface area (TPSA) is 59.1 Å². The van der Waals surface area contributed by atoms with Crippen LogP contribution in [0.1, 0.15) is 29.8 Å². The number of rotatable bonds is 3. The van der Waals surface area contributed by atoms with Gasteiger partial charge in [-0.2, -0.15) is 0 Å². The first-order valence-corrected chi connectivity index (χ1v) is 9.17. The summed E-state index contributed by atoms with van der Waals surface area (Å²) in [5.74, 6) is 0.880. The van der Waals surface area contributed by atoms with Gasteiger partial charge in [-0.15, -0.1) is 0 Å². The number of fused-ring (bicyclic) bond motifs is 3. The molecule has 144 valence electrons. The minimum Gasteiger partial charge on any atom is -0.493 e. The zero-order valence-electron chi connectivity index (χ0n) is 16.1. The van der Waals surface area contributed by atoms with Gasteiger partial charge in [0.1, 0.15) is 11.9 Å². The predicted molar refractivity (Wildman–Crippen MR) is 105 cm³/mol. The number of benzene rings is 2. The molecule has 2 aliphatic heterocycles. The van der Waals surface area contributed by atoms with Gasteiger partial charge in [0.2, 0.25) is 5.91 Å². The molecule has 0 aliphatic carbocycles. The van der Waals surface area contributed by atoms with Gasteiger partial charge in [-0.25, -0.2) is 0 Å². The summed E-state index contributed by atoms with van der Waals surface area (Å²) in [5.41, 5.74) is 3.32. The second kappa shape index (κ2) is 7.03.